The van der Waals surface area contributed by atoms with Gasteiger partial charge in [0.2, 0.25) is 0 Å². The van der Waals surface area contributed by atoms with Gasteiger partial charge < -0.3 is 15.5 Å². The number of likely N-dealkylation sites (N-methyl/N-ethyl adjacent to an activating group) is 1. The van der Waals surface area contributed by atoms with E-state index in [0.29, 0.717) is 11.7 Å². The number of pyridine rings is 1. The van der Waals surface area contributed by atoms with E-state index in [1.54, 1.807) is 0 Å². The standard InChI is InChI=1S/C13H21N5/c1-17(2)11-4-3-7-18(9-11)10-5-6-12(13(14)15)16-8-10/h5-6,8,11H,3-4,7,9H2,1-2H3,(H3,14,15). The summed E-state index contributed by atoms with van der Waals surface area (Å²) in [6.07, 6.45) is 4.27. The van der Waals surface area contributed by atoms with E-state index in [4.69, 9.17) is 11.1 Å². The van der Waals surface area contributed by atoms with Crippen LogP contribution in [0.4, 0.5) is 5.69 Å². The van der Waals surface area contributed by atoms with Crippen LogP contribution in [0.1, 0.15) is 18.5 Å². The first-order valence-electron chi connectivity index (χ1n) is 6.30. The molecule has 18 heavy (non-hydrogen) atoms. The van der Waals surface area contributed by atoms with Crippen LogP contribution in [0.3, 0.4) is 0 Å². The van der Waals surface area contributed by atoms with E-state index in [1.807, 2.05) is 18.3 Å². The van der Waals surface area contributed by atoms with Gasteiger partial charge in [0.05, 0.1) is 11.9 Å². The molecular formula is C13H21N5. The first-order chi connectivity index (χ1) is 8.58. The number of aromatic nitrogens is 1. The van der Waals surface area contributed by atoms with Gasteiger partial charge in [0.25, 0.3) is 0 Å². The van der Waals surface area contributed by atoms with Crippen molar-refractivity contribution in [3.63, 3.8) is 0 Å². The Hall–Kier alpha value is -1.62. The predicted octanol–water partition coefficient (Wildman–Crippen LogP) is 0.896. The Bertz CT molecular complexity index is 412. The Morgan fingerprint density at radius 2 is 2.28 bits per heavy atom. The lowest BCUT2D eigenvalue weighted by Gasteiger charge is -2.37. The summed E-state index contributed by atoms with van der Waals surface area (Å²) in [4.78, 5) is 8.85. The Morgan fingerprint density at radius 3 is 2.83 bits per heavy atom. The molecule has 0 aromatic carbocycles. The lowest BCUT2D eigenvalue weighted by atomic mass is 10.0. The molecule has 1 aliphatic rings. The number of nitrogens with zero attached hydrogens (tertiary/aromatic N) is 3. The first kappa shape index (κ1) is 12.8. The molecule has 1 aliphatic heterocycles. The summed E-state index contributed by atoms with van der Waals surface area (Å²) in [7, 11) is 4.26. The number of nitrogens with one attached hydrogen (secondary N) is 1. The van der Waals surface area contributed by atoms with Gasteiger partial charge in [-0.25, -0.2) is 0 Å². The Kier molecular flexibility index (Phi) is 3.81. The summed E-state index contributed by atoms with van der Waals surface area (Å²) in [6, 6.07) is 4.42. The molecule has 0 bridgehead atoms. The number of hydrogen-bond donors (Lipinski definition) is 2. The number of amidine groups is 1. The largest absolute Gasteiger partial charge is 0.382 e. The molecule has 0 radical (unpaired) electrons. The van der Waals surface area contributed by atoms with E-state index in [-0.39, 0.29) is 5.84 Å². The number of nitrogens with two attached hydrogens (primary N) is 1. The van der Waals surface area contributed by atoms with E-state index in [0.717, 1.165) is 18.8 Å². The molecule has 5 nitrogen and oxygen atoms in total. The molecule has 2 heterocycles. The van der Waals surface area contributed by atoms with Crippen LogP contribution in [-0.2, 0) is 0 Å². The third-order valence-electron chi connectivity index (χ3n) is 3.52. The van der Waals surface area contributed by atoms with Gasteiger partial charge in [-0.15, -0.1) is 0 Å². The highest BCUT2D eigenvalue weighted by Gasteiger charge is 2.21. The van der Waals surface area contributed by atoms with Crippen LogP contribution < -0.4 is 10.6 Å². The maximum absolute atomic E-state index is 7.33. The average Bonchev–Trinajstić information content (AvgIpc) is 2.39. The highest BCUT2D eigenvalue weighted by atomic mass is 15.2. The van der Waals surface area contributed by atoms with Crippen molar-refractivity contribution >= 4 is 11.5 Å². The normalized spacial score (nSPS) is 20.2. The van der Waals surface area contributed by atoms with Gasteiger partial charge in [0.1, 0.15) is 11.5 Å². The number of anilines is 1. The van der Waals surface area contributed by atoms with Crippen LogP contribution in [-0.4, -0.2) is 48.9 Å². The van der Waals surface area contributed by atoms with Crippen molar-refractivity contribution in [3.05, 3.63) is 24.0 Å². The van der Waals surface area contributed by atoms with E-state index in [1.165, 1.54) is 12.8 Å². The van der Waals surface area contributed by atoms with Gasteiger partial charge in [-0.2, -0.15) is 0 Å². The van der Waals surface area contributed by atoms with E-state index in [9.17, 15) is 0 Å². The topological polar surface area (TPSA) is 69.2 Å². The zero-order valence-electron chi connectivity index (χ0n) is 11.1. The van der Waals surface area contributed by atoms with Gasteiger partial charge in [-0.05, 0) is 39.1 Å². The van der Waals surface area contributed by atoms with Crippen molar-refractivity contribution in [1.29, 1.82) is 5.41 Å². The summed E-state index contributed by atoms with van der Waals surface area (Å²) in [5.74, 6) is 0.0198. The molecule has 2 rings (SSSR count). The molecule has 3 N–H and O–H groups in total. The third-order valence-corrected chi connectivity index (χ3v) is 3.52. The monoisotopic (exact) mass is 247 g/mol. The van der Waals surface area contributed by atoms with Crippen LogP contribution in [0.15, 0.2) is 18.3 Å². The molecule has 1 atom stereocenters. The minimum Gasteiger partial charge on any atom is -0.382 e. The molecule has 0 saturated carbocycles. The molecule has 0 amide bonds. The summed E-state index contributed by atoms with van der Waals surface area (Å²) < 4.78 is 0. The summed E-state index contributed by atoms with van der Waals surface area (Å²) in [5, 5.41) is 7.33. The van der Waals surface area contributed by atoms with Gasteiger partial charge in [0, 0.05) is 19.1 Å². The number of piperidine rings is 1. The lowest BCUT2D eigenvalue weighted by molar-refractivity contribution is 0.258. The van der Waals surface area contributed by atoms with E-state index >= 15 is 0 Å². The highest BCUT2D eigenvalue weighted by Crippen LogP contribution is 2.20. The van der Waals surface area contributed by atoms with Gasteiger partial charge >= 0.3 is 0 Å². The number of hydrogen-bond acceptors (Lipinski definition) is 4. The SMILES string of the molecule is CN(C)C1CCCN(c2ccc(C(=N)N)nc2)C1. The molecule has 1 fully saturated rings. The van der Waals surface area contributed by atoms with E-state index < -0.39 is 0 Å². The molecule has 1 aromatic heterocycles. The second kappa shape index (κ2) is 5.35. The van der Waals surface area contributed by atoms with Crippen molar-refractivity contribution in [2.24, 2.45) is 5.73 Å². The van der Waals surface area contributed by atoms with Crippen LogP contribution in [0.25, 0.3) is 0 Å². The van der Waals surface area contributed by atoms with Crippen molar-refractivity contribution < 1.29 is 0 Å². The second-order valence-electron chi connectivity index (χ2n) is 5.02. The number of rotatable bonds is 3. The molecule has 1 saturated heterocycles. The Balaban J connectivity index is 2.09. The van der Waals surface area contributed by atoms with Crippen LogP contribution in [0.2, 0.25) is 0 Å². The molecule has 98 valence electrons. The molecular weight excluding hydrogens is 226 g/mol. The molecule has 0 spiro atoms. The second-order valence-corrected chi connectivity index (χ2v) is 5.02. The summed E-state index contributed by atoms with van der Waals surface area (Å²) in [6.45, 7) is 2.11. The molecule has 1 unspecified atom stereocenters. The van der Waals surface area contributed by atoms with Gasteiger partial charge in [-0.3, -0.25) is 10.4 Å². The van der Waals surface area contributed by atoms with Crippen LogP contribution in [0.5, 0.6) is 0 Å². The maximum Gasteiger partial charge on any atom is 0.141 e. The third kappa shape index (κ3) is 2.79. The fourth-order valence-electron chi connectivity index (χ4n) is 2.34. The fraction of sp³-hybridized carbons (Fsp3) is 0.538. The highest BCUT2D eigenvalue weighted by molar-refractivity contribution is 5.93. The zero-order chi connectivity index (χ0) is 13.1. The zero-order valence-corrected chi connectivity index (χ0v) is 11.1. The van der Waals surface area contributed by atoms with E-state index in [2.05, 4.69) is 28.9 Å². The smallest absolute Gasteiger partial charge is 0.141 e. The van der Waals surface area contributed by atoms with Crippen molar-refractivity contribution in [1.82, 2.24) is 9.88 Å². The fourth-order valence-corrected chi connectivity index (χ4v) is 2.34. The maximum atomic E-state index is 7.33. The summed E-state index contributed by atoms with van der Waals surface area (Å²) in [5.41, 5.74) is 7.06. The van der Waals surface area contributed by atoms with Crippen molar-refractivity contribution in [2.75, 3.05) is 32.1 Å². The van der Waals surface area contributed by atoms with Crippen molar-refractivity contribution in [2.45, 2.75) is 18.9 Å². The van der Waals surface area contributed by atoms with Gasteiger partial charge in [-0.1, -0.05) is 0 Å². The average molecular weight is 247 g/mol. The minimum atomic E-state index is 0.0198. The van der Waals surface area contributed by atoms with Crippen molar-refractivity contribution in [3.8, 4) is 0 Å². The molecule has 1 aromatic rings. The molecule has 0 aliphatic carbocycles. The molecule has 5 heteroatoms. The first-order valence-corrected chi connectivity index (χ1v) is 6.30. The van der Waals surface area contributed by atoms with Crippen LogP contribution >= 0.6 is 0 Å². The Morgan fingerprint density at radius 1 is 1.50 bits per heavy atom. The minimum absolute atomic E-state index is 0.0198. The quantitative estimate of drug-likeness (QED) is 0.615. The number of nitrogen functional groups attached to an aromatic ring is 1. The Labute approximate surface area is 108 Å². The summed E-state index contributed by atoms with van der Waals surface area (Å²) >= 11 is 0. The predicted molar refractivity (Wildman–Crippen MR) is 74.2 cm³/mol. The van der Waals surface area contributed by atoms with Crippen LogP contribution in [0, 0.1) is 5.41 Å². The van der Waals surface area contributed by atoms with Gasteiger partial charge in [0.15, 0.2) is 0 Å². The lowest BCUT2D eigenvalue weighted by Crippen LogP contribution is -2.45.